The van der Waals surface area contributed by atoms with Crippen LogP contribution in [0.3, 0.4) is 0 Å². The van der Waals surface area contributed by atoms with E-state index in [4.69, 9.17) is 0 Å². The molecule has 0 aliphatic heterocycles. The van der Waals surface area contributed by atoms with Crippen LogP contribution in [-0.4, -0.2) is 21.5 Å². The van der Waals surface area contributed by atoms with E-state index in [9.17, 15) is 20.0 Å². The van der Waals surface area contributed by atoms with Crippen LogP contribution in [0.5, 0.6) is 0 Å². The van der Waals surface area contributed by atoms with Gasteiger partial charge in [-0.05, 0) is 41.3 Å². The van der Waals surface area contributed by atoms with Gasteiger partial charge in [0.1, 0.15) is 5.76 Å². The second kappa shape index (κ2) is 8.29. The predicted octanol–water partition coefficient (Wildman–Crippen LogP) is 5.63. The van der Waals surface area contributed by atoms with Gasteiger partial charge in [0.05, 0.1) is 21.9 Å². The van der Waals surface area contributed by atoms with E-state index < -0.39 is 4.92 Å². The maximum absolute atomic E-state index is 12.6. The maximum Gasteiger partial charge on any atom is 0.269 e. The second-order valence-corrected chi connectivity index (χ2v) is 7.25. The van der Waals surface area contributed by atoms with Gasteiger partial charge in [-0.25, -0.2) is 0 Å². The first kappa shape index (κ1) is 19.5. The number of non-ortho nitro benzene ring substituents is 1. The number of aliphatic hydroxyl groups excluding tert-OH is 1. The molecule has 0 atom stereocenters. The highest BCUT2D eigenvalue weighted by Gasteiger charge is 2.26. The van der Waals surface area contributed by atoms with Gasteiger partial charge in [0, 0.05) is 25.0 Å². The molecule has 1 N–H and O–H groups in total. The number of carbonyl (C=O) groups is 1. The fourth-order valence-corrected chi connectivity index (χ4v) is 3.79. The molecule has 150 valence electrons. The van der Waals surface area contributed by atoms with Gasteiger partial charge in [0.2, 0.25) is 0 Å². The lowest BCUT2D eigenvalue weighted by Crippen LogP contribution is -2.21. The molecular weight excluding hydrogens is 380 g/mol. The number of nitro groups is 1. The Bertz CT molecular complexity index is 1190. The lowest BCUT2D eigenvalue weighted by atomic mass is 9.88. The minimum atomic E-state index is -0.470. The van der Waals surface area contributed by atoms with Crippen LogP contribution in [0.25, 0.3) is 10.8 Å². The highest BCUT2D eigenvalue weighted by molar-refractivity contribution is 6.24. The Hall–Kier alpha value is -3.80. The van der Waals surface area contributed by atoms with E-state index in [1.165, 1.54) is 12.1 Å². The Morgan fingerprint density at radius 3 is 2.50 bits per heavy atom. The van der Waals surface area contributed by atoms with Crippen LogP contribution in [0.2, 0.25) is 0 Å². The summed E-state index contributed by atoms with van der Waals surface area (Å²) in [6.45, 7) is 0. The highest BCUT2D eigenvalue weighted by Crippen LogP contribution is 2.28. The zero-order valence-electron chi connectivity index (χ0n) is 16.2. The predicted molar refractivity (Wildman–Crippen MR) is 116 cm³/mol. The lowest BCUT2D eigenvalue weighted by Gasteiger charge is -2.18. The van der Waals surface area contributed by atoms with Crippen LogP contribution < -0.4 is 0 Å². The van der Waals surface area contributed by atoms with Gasteiger partial charge in [-0.2, -0.15) is 0 Å². The van der Waals surface area contributed by atoms with Crippen molar-refractivity contribution >= 4 is 33.6 Å². The number of carbonyl (C=O) groups excluding carboxylic acids is 1. The van der Waals surface area contributed by atoms with Crippen molar-refractivity contribution in [2.24, 2.45) is 4.99 Å². The number of aliphatic hydroxyl groups is 1. The van der Waals surface area contributed by atoms with Crippen LogP contribution in [0, 0.1) is 10.1 Å². The molecule has 1 aliphatic carbocycles. The minimum absolute atomic E-state index is 0.0108. The minimum Gasteiger partial charge on any atom is -0.511 e. The van der Waals surface area contributed by atoms with Gasteiger partial charge in [0.15, 0.2) is 5.78 Å². The number of Topliss-reactive ketones (excluding diaryl/α,β-unsaturated/α-hetero) is 1. The molecule has 0 bridgehead atoms. The molecule has 3 aromatic rings. The SMILES string of the molecule is O=C1CCCC(=Nc2ccc([N+](=O)[O-])cc2)/C1=C(/O)Cc1cccc2ccccc12. The van der Waals surface area contributed by atoms with Gasteiger partial charge < -0.3 is 5.11 Å². The summed E-state index contributed by atoms with van der Waals surface area (Å²) in [7, 11) is 0. The monoisotopic (exact) mass is 400 g/mol. The summed E-state index contributed by atoms with van der Waals surface area (Å²) in [6, 6.07) is 19.7. The third kappa shape index (κ3) is 3.98. The number of hydrogen-bond acceptors (Lipinski definition) is 5. The van der Waals surface area contributed by atoms with Crippen molar-refractivity contribution in [2.45, 2.75) is 25.7 Å². The van der Waals surface area contributed by atoms with E-state index in [1.54, 1.807) is 12.1 Å². The first-order chi connectivity index (χ1) is 14.5. The number of allylic oxidation sites excluding steroid dienone is 2. The summed E-state index contributed by atoms with van der Waals surface area (Å²) in [5.74, 6) is -0.114. The quantitative estimate of drug-likeness (QED) is 0.266. The smallest absolute Gasteiger partial charge is 0.269 e. The first-order valence-electron chi connectivity index (χ1n) is 9.77. The van der Waals surface area contributed by atoms with Crippen molar-refractivity contribution in [2.75, 3.05) is 0 Å². The Balaban J connectivity index is 1.71. The molecule has 1 saturated carbocycles. The molecule has 3 aromatic carbocycles. The van der Waals surface area contributed by atoms with Gasteiger partial charge >= 0.3 is 0 Å². The second-order valence-electron chi connectivity index (χ2n) is 7.25. The molecule has 6 heteroatoms. The van der Waals surface area contributed by atoms with Crippen LogP contribution in [-0.2, 0) is 11.2 Å². The van der Waals surface area contributed by atoms with Crippen LogP contribution >= 0.6 is 0 Å². The first-order valence-corrected chi connectivity index (χ1v) is 9.77. The third-order valence-corrected chi connectivity index (χ3v) is 5.24. The molecular formula is C24H20N2O4. The van der Waals surface area contributed by atoms with E-state index in [0.717, 1.165) is 16.3 Å². The largest absolute Gasteiger partial charge is 0.511 e. The molecule has 1 fully saturated rings. The van der Waals surface area contributed by atoms with E-state index in [0.29, 0.717) is 30.7 Å². The number of benzene rings is 3. The normalized spacial score (nSPS) is 17.3. The van der Waals surface area contributed by atoms with Gasteiger partial charge in [0.25, 0.3) is 5.69 Å². The lowest BCUT2D eigenvalue weighted by molar-refractivity contribution is -0.384. The summed E-state index contributed by atoms with van der Waals surface area (Å²) in [4.78, 5) is 27.5. The number of aliphatic imine (C=N–C) groups is 1. The summed E-state index contributed by atoms with van der Waals surface area (Å²) in [5.41, 5.74) is 2.23. The topological polar surface area (TPSA) is 92.8 Å². The van der Waals surface area contributed by atoms with Crippen molar-refractivity contribution < 1.29 is 14.8 Å². The van der Waals surface area contributed by atoms with Crippen molar-refractivity contribution in [1.82, 2.24) is 0 Å². The zero-order chi connectivity index (χ0) is 21.1. The molecule has 0 unspecified atom stereocenters. The van der Waals surface area contributed by atoms with Crippen LogP contribution in [0.1, 0.15) is 24.8 Å². The standard InChI is InChI=1S/C24H20N2O4/c27-22-10-4-9-21(25-18-11-13-19(14-12-18)26(29)30)24(22)23(28)15-17-7-3-6-16-5-1-2-8-20(16)17/h1-3,5-8,11-14,28H,4,9-10,15H2/b24-23-,25-21?. The van der Waals surface area contributed by atoms with Crippen molar-refractivity contribution in [1.29, 1.82) is 0 Å². The highest BCUT2D eigenvalue weighted by atomic mass is 16.6. The van der Waals surface area contributed by atoms with E-state index >= 15 is 0 Å². The number of nitrogens with zero attached hydrogens (tertiary/aromatic N) is 2. The Labute approximate surface area is 173 Å². The van der Waals surface area contributed by atoms with Crippen LogP contribution in [0.15, 0.2) is 83.1 Å². The third-order valence-electron chi connectivity index (χ3n) is 5.24. The van der Waals surface area contributed by atoms with Crippen molar-refractivity contribution in [3.8, 4) is 0 Å². The van der Waals surface area contributed by atoms with Crippen LogP contribution in [0.4, 0.5) is 11.4 Å². The summed E-state index contributed by atoms with van der Waals surface area (Å²) < 4.78 is 0. The Morgan fingerprint density at radius 2 is 1.73 bits per heavy atom. The average Bonchev–Trinajstić information content (AvgIpc) is 2.74. The van der Waals surface area contributed by atoms with Gasteiger partial charge in [-0.1, -0.05) is 42.5 Å². The summed E-state index contributed by atoms with van der Waals surface area (Å²) in [5, 5.41) is 23.9. The van der Waals surface area contributed by atoms with E-state index in [2.05, 4.69) is 4.99 Å². The molecule has 0 radical (unpaired) electrons. The molecule has 6 nitrogen and oxygen atoms in total. The molecule has 0 aromatic heterocycles. The maximum atomic E-state index is 12.6. The molecule has 1 aliphatic rings. The molecule has 0 spiro atoms. The van der Waals surface area contributed by atoms with Gasteiger partial charge in [-0.15, -0.1) is 0 Å². The molecule has 30 heavy (non-hydrogen) atoms. The molecule has 0 saturated heterocycles. The van der Waals surface area contributed by atoms with Crippen molar-refractivity contribution in [3.05, 3.63) is 93.7 Å². The van der Waals surface area contributed by atoms with Crippen molar-refractivity contribution in [3.63, 3.8) is 0 Å². The fraction of sp³-hybridized carbons (Fsp3) is 0.167. The summed E-state index contributed by atoms with van der Waals surface area (Å²) >= 11 is 0. The fourth-order valence-electron chi connectivity index (χ4n) is 3.79. The number of rotatable bonds is 4. The zero-order valence-corrected chi connectivity index (χ0v) is 16.2. The van der Waals surface area contributed by atoms with E-state index in [-0.39, 0.29) is 29.2 Å². The number of hydrogen-bond donors (Lipinski definition) is 1. The van der Waals surface area contributed by atoms with Gasteiger partial charge in [-0.3, -0.25) is 19.9 Å². The average molecular weight is 400 g/mol. The number of ketones is 1. The summed E-state index contributed by atoms with van der Waals surface area (Å²) in [6.07, 6.45) is 1.84. The molecule has 0 amide bonds. The van der Waals surface area contributed by atoms with E-state index in [1.807, 2.05) is 42.5 Å². The molecule has 4 rings (SSSR count). The molecule has 0 heterocycles. The number of fused-ring (bicyclic) bond motifs is 1. The number of nitro benzene ring substituents is 1. The Morgan fingerprint density at radius 1 is 1.00 bits per heavy atom. The Kier molecular flexibility index (Phi) is 5.39.